The van der Waals surface area contributed by atoms with Gasteiger partial charge in [0, 0.05) is 18.7 Å². The second-order valence-corrected chi connectivity index (χ2v) is 4.79. The van der Waals surface area contributed by atoms with Gasteiger partial charge in [-0.2, -0.15) is 0 Å². The molecule has 0 unspecified atom stereocenters. The molecule has 114 valence electrons. The van der Waals surface area contributed by atoms with Crippen LogP contribution in [-0.2, 0) is 0 Å². The summed E-state index contributed by atoms with van der Waals surface area (Å²) in [7, 11) is 0. The van der Waals surface area contributed by atoms with E-state index in [2.05, 4.69) is 30.6 Å². The Morgan fingerprint density at radius 1 is 1.32 bits per heavy atom. The third-order valence-corrected chi connectivity index (χ3v) is 3.22. The van der Waals surface area contributed by atoms with Gasteiger partial charge in [-0.25, -0.2) is 15.0 Å². The van der Waals surface area contributed by atoms with Crippen LogP contribution in [0.1, 0.15) is 22.5 Å². The monoisotopic (exact) mass is 300 g/mol. The lowest BCUT2D eigenvalue weighted by molar-refractivity contribution is 0.0925. The lowest BCUT2D eigenvalue weighted by Gasteiger charge is -2.07. The number of hydrogen-bond donors (Lipinski definition) is 3. The highest BCUT2D eigenvalue weighted by atomic mass is 16.3. The van der Waals surface area contributed by atoms with Gasteiger partial charge < -0.3 is 20.0 Å². The molecule has 3 aromatic rings. The number of nitrogens with one attached hydrogen (secondary N) is 3. The Labute approximate surface area is 126 Å². The van der Waals surface area contributed by atoms with Gasteiger partial charge in [-0.05, 0) is 19.4 Å². The molecule has 0 aromatic carbocycles. The highest BCUT2D eigenvalue weighted by molar-refractivity contribution is 5.92. The van der Waals surface area contributed by atoms with Gasteiger partial charge in [-0.1, -0.05) is 0 Å². The number of carbonyl (C=O) groups is 1. The molecule has 3 heterocycles. The quantitative estimate of drug-likeness (QED) is 0.595. The van der Waals surface area contributed by atoms with Crippen molar-refractivity contribution in [1.82, 2.24) is 25.3 Å². The average Bonchev–Trinajstić information content (AvgIpc) is 3.15. The van der Waals surface area contributed by atoms with Gasteiger partial charge in [0.05, 0.1) is 12.6 Å². The van der Waals surface area contributed by atoms with Crippen LogP contribution in [0.4, 0.5) is 5.82 Å². The Morgan fingerprint density at radius 2 is 2.23 bits per heavy atom. The Balaban J connectivity index is 1.45. The second-order valence-electron chi connectivity index (χ2n) is 4.79. The van der Waals surface area contributed by atoms with Crippen LogP contribution in [0, 0.1) is 6.92 Å². The van der Waals surface area contributed by atoms with E-state index in [1.807, 2.05) is 6.92 Å². The second kappa shape index (κ2) is 6.25. The number of H-pyrrole nitrogens is 1. The maximum absolute atomic E-state index is 11.8. The molecule has 0 aliphatic rings. The molecule has 0 aliphatic carbocycles. The molecule has 8 nitrogen and oxygen atoms in total. The minimum absolute atomic E-state index is 0.194. The van der Waals surface area contributed by atoms with Crippen molar-refractivity contribution in [3.05, 3.63) is 36.3 Å². The summed E-state index contributed by atoms with van der Waals surface area (Å²) >= 11 is 0. The Morgan fingerprint density at radius 3 is 3.05 bits per heavy atom. The molecule has 3 N–H and O–H groups in total. The van der Waals surface area contributed by atoms with Crippen LogP contribution >= 0.6 is 0 Å². The largest absolute Gasteiger partial charge is 0.459 e. The number of nitrogens with zero attached hydrogens (tertiary/aromatic N) is 3. The molecule has 0 radical (unpaired) electrons. The van der Waals surface area contributed by atoms with Crippen LogP contribution in [0.3, 0.4) is 0 Å². The number of carbonyl (C=O) groups excluding carboxylic acids is 1. The zero-order chi connectivity index (χ0) is 15.4. The standard InChI is InChI=1S/C14H16N6O2/c1-9-3-6-22-11(9)14(21)16-5-2-4-15-12-10-13(18-7-17-10)20-8-19-12/h3,6-8H,2,4-5H2,1H3,(H,16,21)(H2,15,17,18,19,20). The molecule has 0 saturated carbocycles. The van der Waals surface area contributed by atoms with Crippen LogP contribution in [0.2, 0.25) is 0 Å². The molecule has 0 bridgehead atoms. The maximum Gasteiger partial charge on any atom is 0.287 e. The number of rotatable bonds is 6. The molecular weight excluding hydrogens is 284 g/mol. The lowest BCUT2D eigenvalue weighted by Crippen LogP contribution is -2.26. The fourth-order valence-corrected chi connectivity index (χ4v) is 2.08. The lowest BCUT2D eigenvalue weighted by atomic mass is 10.2. The molecule has 0 fully saturated rings. The van der Waals surface area contributed by atoms with E-state index in [1.54, 1.807) is 12.4 Å². The molecule has 3 rings (SSSR count). The number of fused-ring (bicyclic) bond motifs is 1. The van der Waals surface area contributed by atoms with Gasteiger partial charge in [0.2, 0.25) is 0 Å². The third-order valence-electron chi connectivity index (χ3n) is 3.22. The van der Waals surface area contributed by atoms with Crippen LogP contribution in [-0.4, -0.2) is 38.9 Å². The first-order valence-electron chi connectivity index (χ1n) is 6.96. The first-order chi connectivity index (χ1) is 10.8. The van der Waals surface area contributed by atoms with Crippen molar-refractivity contribution >= 4 is 22.9 Å². The van der Waals surface area contributed by atoms with E-state index in [0.29, 0.717) is 30.3 Å². The highest BCUT2D eigenvalue weighted by Crippen LogP contribution is 2.13. The Hall–Kier alpha value is -2.90. The summed E-state index contributed by atoms with van der Waals surface area (Å²) in [4.78, 5) is 27.1. The summed E-state index contributed by atoms with van der Waals surface area (Å²) in [6, 6.07) is 1.77. The molecule has 0 aliphatic heterocycles. The van der Waals surface area contributed by atoms with E-state index in [1.165, 1.54) is 12.6 Å². The Bertz CT molecular complexity index is 778. The Kier molecular flexibility index (Phi) is 3.99. The summed E-state index contributed by atoms with van der Waals surface area (Å²) in [5.74, 6) is 0.874. The summed E-state index contributed by atoms with van der Waals surface area (Å²) in [5, 5.41) is 6.02. The van der Waals surface area contributed by atoms with E-state index in [4.69, 9.17) is 4.42 Å². The molecule has 0 atom stereocenters. The average molecular weight is 300 g/mol. The van der Waals surface area contributed by atoms with Crippen LogP contribution in [0.15, 0.2) is 29.4 Å². The number of aromatic amines is 1. The minimum atomic E-state index is -0.194. The maximum atomic E-state index is 11.8. The van der Waals surface area contributed by atoms with Crippen molar-refractivity contribution in [3.63, 3.8) is 0 Å². The summed E-state index contributed by atoms with van der Waals surface area (Å²) in [5.41, 5.74) is 2.23. The van der Waals surface area contributed by atoms with Crippen molar-refractivity contribution in [2.45, 2.75) is 13.3 Å². The predicted molar refractivity (Wildman–Crippen MR) is 80.6 cm³/mol. The summed E-state index contributed by atoms with van der Waals surface area (Å²) in [6.45, 7) is 3.05. The van der Waals surface area contributed by atoms with Gasteiger partial charge in [0.15, 0.2) is 17.2 Å². The molecule has 22 heavy (non-hydrogen) atoms. The fourth-order valence-electron chi connectivity index (χ4n) is 2.08. The first kappa shape index (κ1) is 14.1. The van der Waals surface area contributed by atoms with Gasteiger partial charge in [-0.15, -0.1) is 0 Å². The van der Waals surface area contributed by atoms with Gasteiger partial charge >= 0.3 is 0 Å². The number of hydrogen-bond acceptors (Lipinski definition) is 6. The number of aromatic nitrogens is 4. The van der Waals surface area contributed by atoms with Crippen LogP contribution in [0.5, 0.6) is 0 Å². The van der Waals surface area contributed by atoms with E-state index >= 15 is 0 Å². The number of amides is 1. The molecular formula is C14H16N6O2. The van der Waals surface area contributed by atoms with Crippen molar-refractivity contribution in [2.75, 3.05) is 18.4 Å². The van der Waals surface area contributed by atoms with Gasteiger partial charge in [-0.3, -0.25) is 4.79 Å². The topological polar surface area (TPSA) is 109 Å². The fraction of sp³-hybridized carbons (Fsp3) is 0.286. The zero-order valence-corrected chi connectivity index (χ0v) is 12.1. The minimum Gasteiger partial charge on any atom is -0.459 e. The van der Waals surface area contributed by atoms with Crippen molar-refractivity contribution < 1.29 is 9.21 Å². The number of furan rings is 1. The normalized spacial score (nSPS) is 10.8. The van der Waals surface area contributed by atoms with Crippen molar-refractivity contribution in [3.8, 4) is 0 Å². The summed E-state index contributed by atoms with van der Waals surface area (Å²) in [6.07, 6.45) is 5.31. The van der Waals surface area contributed by atoms with E-state index in [-0.39, 0.29) is 5.91 Å². The molecule has 8 heteroatoms. The number of imidazole rings is 1. The van der Waals surface area contributed by atoms with E-state index in [9.17, 15) is 4.79 Å². The van der Waals surface area contributed by atoms with Gasteiger partial charge in [0.1, 0.15) is 11.8 Å². The smallest absolute Gasteiger partial charge is 0.287 e. The highest BCUT2D eigenvalue weighted by Gasteiger charge is 2.11. The van der Waals surface area contributed by atoms with Gasteiger partial charge in [0.25, 0.3) is 5.91 Å². The SMILES string of the molecule is Cc1ccoc1C(=O)NCCCNc1ncnc2nc[nH]c12. The first-order valence-corrected chi connectivity index (χ1v) is 6.96. The van der Waals surface area contributed by atoms with E-state index in [0.717, 1.165) is 17.5 Å². The van der Waals surface area contributed by atoms with Crippen LogP contribution in [0.25, 0.3) is 11.2 Å². The molecule has 3 aromatic heterocycles. The molecule has 0 spiro atoms. The number of anilines is 1. The van der Waals surface area contributed by atoms with Crippen molar-refractivity contribution in [2.24, 2.45) is 0 Å². The van der Waals surface area contributed by atoms with E-state index < -0.39 is 0 Å². The third kappa shape index (κ3) is 2.90. The summed E-state index contributed by atoms with van der Waals surface area (Å²) < 4.78 is 5.14. The molecule has 0 saturated heterocycles. The van der Waals surface area contributed by atoms with Crippen molar-refractivity contribution in [1.29, 1.82) is 0 Å². The van der Waals surface area contributed by atoms with Crippen LogP contribution < -0.4 is 10.6 Å². The predicted octanol–water partition coefficient (Wildman–Crippen LogP) is 1.49. The zero-order valence-electron chi connectivity index (χ0n) is 12.1. The number of aryl methyl sites for hydroxylation is 1. The molecule has 1 amide bonds.